The van der Waals surface area contributed by atoms with Crippen molar-refractivity contribution < 1.29 is 8.78 Å². The molecule has 1 heterocycles. The van der Waals surface area contributed by atoms with E-state index >= 15 is 0 Å². The van der Waals surface area contributed by atoms with Crippen LogP contribution < -0.4 is 5.32 Å². The van der Waals surface area contributed by atoms with E-state index in [1.807, 2.05) is 12.1 Å². The Morgan fingerprint density at radius 3 is 2.53 bits per heavy atom. The first-order valence-corrected chi connectivity index (χ1v) is 6.47. The Morgan fingerprint density at radius 1 is 1.00 bits per heavy atom. The van der Waals surface area contributed by atoms with E-state index in [4.69, 9.17) is 0 Å². The largest absolute Gasteiger partial charge is 0.385 e. The van der Waals surface area contributed by atoms with E-state index in [2.05, 4.69) is 5.32 Å². The lowest BCUT2D eigenvalue weighted by Gasteiger charge is -2.26. The zero-order chi connectivity index (χ0) is 13.2. The molecule has 0 saturated carbocycles. The van der Waals surface area contributed by atoms with Crippen molar-refractivity contribution in [2.45, 2.75) is 12.8 Å². The highest BCUT2D eigenvalue weighted by atomic mass is 19.1. The van der Waals surface area contributed by atoms with E-state index in [1.54, 1.807) is 12.1 Å². The van der Waals surface area contributed by atoms with E-state index in [1.165, 1.54) is 18.2 Å². The maximum Gasteiger partial charge on any atom is 0.123 e. The third kappa shape index (κ3) is 2.75. The lowest BCUT2D eigenvalue weighted by Crippen LogP contribution is -2.24. The van der Waals surface area contributed by atoms with Crippen LogP contribution in [0.2, 0.25) is 0 Å². The third-order valence-corrected chi connectivity index (χ3v) is 3.59. The predicted octanol–water partition coefficient (Wildman–Crippen LogP) is 3.79. The summed E-state index contributed by atoms with van der Waals surface area (Å²) in [5.74, 6) is 0.0145. The molecule has 2 aromatic rings. The van der Waals surface area contributed by atoms with Crippen LogP contribution in [0.4, 0.5) is 14.5 Å². The van der Waals surface area contributed by atoms with Crippen molar-refractivity contribution in [2.75, 3.05) is 11.9 Å². The van der Waals surface area contributed by atoms with Gasteiger partial charge >= 0.3 is 0 Å². The highest BCUT2D eigenvalue weighted by molar-refractivity contribution is 5.53. The second-order valence-corrected chi connectivity index (χ2v) is 5.08. The number of rotatable bonds is 2. The van der Waals surface area contributed by atoms with Gasteiger partial charge in [0.1, 0.15) is 11.6 Å². The average Bonchev–Trinajstić information content (AvgIpc) is 2.41. The molecule has 0 radical (unpaired) electrons. The van der Waals surface area contributed by atoms with E-state index in [0.717, 1.165) is 36.2 Å². The lowest BCUT2D eigenvalue weighted by atomic mass is 9.89. The van der Waals surface area contributed by atoms with Crippen molar-refractivity contribution in [2.24, 2.45) is 5.92 Å². The number of fused-ring (bicyclic) bond motifs is 1. The zero-order valence-electron chi connectivity index (χ0n) is 10.5. The summed E-state index contributed by atoms with van der Waals surface area (Å²) in [6, 6.07) is 11.5. The molecule has 1 aliphatic heterocycles. The molecule has 1 aliphatic rings. The fraction of sp³-hybridized carbons (Fsp3) is 0.250. The van der Waals surface area contributed by atoms with Crippen molar-refractivity contribution in [3.63, 3.8) is 0 Å². The molecule has 0 amide bonds. The topological polar surface area (TPSA) is 12.0 Å². The molecule has 0 aliphatic carbocycles. The van der Waals surface area contributed by atoms with Gasteiger partial charge in [0.25, 0.3) is 0 Å². The zero-order valence-corrected chi connectivity index (χ0v) is 10.5. The first kappa shape index (κ1) is 12.2. The molecule has 1 N–H and O–H groups in total. The van der Waals surface area contributed by atoms with Crippen molar-refractivity contribution in [3.05, 3.63) is 65.2 Å². The Morgan fingerprint density at radius 2 is 1.74 bits per heavy atom. The van der Waals surface area contributed by atoms with Crippen molar-refractivity contribution in [3.8, 4) is 0 Å². The monoisotopic (exact) mass is 259 g/mol. The van der Waals surface area contributed by atoms with Crippen LogP contribution in [0.5, 0.6) is 0 Å². The van der Waals surface area contributed by atoms with Crippen LogP contribution in [0.15, 0.2) is 42.5 Å². The maximum absolute atomic E-state index is 13.2. The van der Waals surface area contributed by atoms with Crippen LogP contribution in [0.1, 0.15) is 11.1 Å². The van der Waals surface area contributed by atoms with E-state index in [0.29, 0.717) is 5.92 Å². The summed E-state index contributed by atoms with van der Waals surface area (Å²) in [5, 5.41) is 3.33. The fourth-order valence-corrected chi connectivity index (χ4v) is 2.64. The maximum atomic E-state index is 13.2. The lowest BCUT2D eigenvalue weighted by molar-refractivity contribution is 0.530. The molecule has 1 unspecified atom stereocenters. The van der Waals surface area contributed by atoms with Gasteiger partial charge in [-0.1, -0.05) is 12.1 Å². The van der Waals surface area contributed by atoms with Gasteiger partial charge in [-0.2, -0.15) is 0 Å². The van der Waals surface area contributed by atoms with E-state index in [-0.39, 0.29) is 11.6 Å². The molecule has 98 valence electrons. The van der Waals surface area contributed by atoms with Crippen LogP contribution in [0.25, 0.3) is 0 Å². The molecular formula is C16H15F2N. The molecule has 0 saturated heterocycles. The van der Waals surface area contributed by atoms with Gasteiger partial charge in [-0.25, -0.2) is 8.78 Å². The van der Waals surface area contributed by atoms with Crippen molar-refractivity contribution >= 4 is 5.69 Å². The Labute approximate surface area is 111 Å². The average molecular weight is 259 g/mol. The highest BCUT2D eigenvalue weighted by Crippen LogP contribution is 2.27. The first-order chi connectivity index (χ1) is 9.20. The molecule has 1 atom stereocenters. The van der Waals surface area contributed by atoms with Crippen molar-refractivity contribution in [1.82, 2.24) is 0 Å². The summed E-state index contributed by atoms with van der Waals surface area (Å²) in [6.45, 7) is 0.871. The molecule has 0 spiro atoms. The number of hydrogen-bond acceptors (Lipinski definition) is 1. The Hall–Kier alpha value is -1.90. The van der Waals surface area contributed by atoms with Gasteiger partial charge in [-0.15, -0.1) is 0 Å². The molecule has 0 aromatic heterocycles. The van der Waals surface area contributed by atoms with E-state index < -0.39 is 0 Å². The van der Waals surface area contributed by atoms with Crippen LogP contribution in [-0.2, 0) is 12.8 Å². The molecular weight excluding hydrogens is 244 g/mol. The standard InChI is InChI=1S/C16H15F2N/c17-14-3-1-11(2-4-14)7-12-8-13-9-15(18)5-6-16(13)19-10-12/h1-6,9,12,19H,7-8,10H2. The summed E-state index contributed by atoms with van der Waals surface area (Å²) in [7, 11) is 0. The van der Waals surface area contributed by atoms with Crippen LogP contribution in [-0.4, -0.2) is 6.54 Å². The molecule has 3 rings (SSSR count). The second-order valence-electron chi connectivity index (χ2n) is 5.08. The number of benzene rings is 2. The van der Waals surface area contributed by atoms with Gasteiger partial charge in [0.05, 0.1) is 0 Å². The summed E-state index contributed by atoms with van der Waals surface area (Å²) in [4.78, 5) is 0. The Kier molecular flexibility index (Phi) is 3.20. The molecule has 3 heteroatoms. The molecule has 19 heavy (non-hydrogen) atoms. The fourth-order valence-electron chi connectivity index (χ4n) is 2.64. The summed E-state index contributed by atoms with van der Waals surface area (Å²) in [6.07, 6.45) is 1.74. The number of anilines is 1. The van der Waals surface area contributed by atoms with Crippen LogP contribution in [0, 0.1) is 17.6 Å². The molecule has 2 aromatic carbocycles. The molecule has 0 bridgehead atoms. The summed E-state index contributed by atoms with van der Waals surface area (Å²) < 4.78 is 26.1. The van der Waals surface area contributed by atoms with E-state index in [9.17, 15) is 8.78 Å². The first-order valence-electron chi connectivity index (χ1n) is 6.47. The van der Waals surface area contributed by atoms with Gasteiger partial charge in [-0.05, 0) is 60.2 Å². The number of nitrogens with one attached hydrogen (secondary N) is 1. The number of hydrogen-bond donors (Lipinski definition) is 1. The molecule has 0 fully saturated rings. The van der Waals surface area contributed by atoms with Crippen LogP contribution >= 0.6 is 0 Å². The minimum atomic E-state index is -0.210. The van der Waals surface area contributed by atoms with Gasteiger partial charge in [0.2, 0.25) is 0 Å². The molecule has 1 nitrogen and oxygen atoms in total. The normalized spacial score (nSPS) is 17.7. The van der Waals surface area contributed by atoms with Gasteiger partial charge in [0, 0.05) is 12.2 Å². The minimum Gasteiger partial charge on any atom is -0.385 e. The second kappa shape index (κ2) is 5.00. The van der Waals surface area contributed by atoms with Crippen LogP contribution in [0.3, 0.4) is 0 Å². The predicted molar refractivity (Wildman–Crippen MR) is 72.2 cm³/mol. The van der Waals surface area contributed by atoms with Gasteiger partial charge in [-0.3, -0.25) is 0 Å². The summed E-state index contributed by atoms with van der Waals surface area (Å²) in [5.41, 5.74) is 3.17. The quantitative estimate of drug-likeness (QED) is 0.865. The smallest absolute Gasteiger partial charge is 0.123 e. The Bertz CT molecular complexity index is 578. The van der Waals surface area contributed by atoms with Gasteiger partial charge in [0.15, 0.2) is 0 Å². The SMILES string of the molecule is Fc1ccc(CC2CNc3ccc(F)cc3C2)cc1. The minimum absolute atomic E-state index is 0.192. The number of halogens is 2. The third-order valence-electron chi connectivity index (χ3n) is 3.59. The van der Waals surface area contributed by atoms with Gasteiger partial charge < -0.3 is 5.32 Å². The van der Waals surface area contributed by atoms with Crippen molar-refractivity contribution in [1.29, 1.82) is 0 Å². The highest BCUT2D eigenvalue weighted by Gasteiger charge is 2.18. The summed E-state index contributed by atoms with van der Waals surface area (Å²) >= 11 is 0. The Balaban J connectivity index is 1.73.